The molecule has 0 bridgehead atoms. The SMILES string of the molecule is CSC1CCCN(S(=O)(=O)c2ccccc2Br)CC1. The highest BCUT2D eigenvalue weighted by atomic mass is 79.9. The summed E-state index contributed by atoms with van der Waals surface area (Å²) in [6.45, 7) is 1.25. The van der Waals surface area contributed by atoms with Crippen LogP contribution in [0.5, 0.6) is 0 Å². The quantitative estimate of drug-likeness (QED) is 0.826. The number of thioether (sulfide) groups is 1. The first-order valence-electron chi connectivity index (χ1n) is 6.33. The van der Waals surface area contributed by atoms with Gasteiger partial charge in [-0.05, 0) is 53.6 Å². The molecule has 1 aromatic rings. The average molecular weight is 364 g/mol. The topological polar surface area (TPSA) is 37.4 Å². The summed E-state index contributed by atoms with van der Waals surface area (Å²) in [7, 11) is -3.37. The molecule has 106 valence electrons. The van der Waals surface area contributed by atoms with Crippen molar-refractivity contribution < 1.29 is 8.42 Å². The second-order valence-electron chi connectivity index (χ2n) is 4.62. The molecule has 1 saturated heterocycles. The smallest absolute Gasteiger partial charge is 0.207 e. The third-order valence-corrected chi connectivity index (χ3v) is 7.47. The maximum Gasteiger partial charge on any atom is 0.244 e. The molecule has 0 radical (unpaired) electrons. The summed E-state index contributed by atoms with van der Waals surface area (Å²) >= 11 is 5.17. The van der Waals surface area contributed by atoms with Gasteiger partial charge in [-0.15, -0.1) is 0 Å². The van der Waals surface area contributed by atoms with Gasteiger partial charge in [0.25, 0.3) is 0 Å². The molecule has 19 heavy (non-hydrogen) atoms. The first-order chi connectivity index (χ1) is 9.05. The number of hydrogen-bond donors (Lipinski definition) is 0. The number of halogens is 1. The van der Waals surface area contributed by atoms with Gasteiger partial charge in [0.05, 0.1) is 4.90 Å². The Balaban J connectivity index is 2.23. The summed E-state index contributed by atoms with van der Waals surface area (Å²) < 4.78 is 27.6. The van der Waals surface area contributed by atoms with Crippen LogP contribution in [0.2, 0.25) is 0 Å². The van der Waals surface area contributed by atoms with Gasteiger partial charge >= 0.3 is 0 Å². The zero-order chi connectivity index (χ0) is 13.9. The van der Waals surface area contributed by atoms with E-state index in [9.17, 15) is 8.42 Å². The van der Waals surface area contributed by atoms with Crippen molar-refractivity contribution in [2.45, 2.75) is 29.4 Å². The molecule has 0 amide bonds. The van der Waals surface area contributed by atoms with E-state index in [-0.39, 0.29) is 0 Å². The predicted molar refractivity (Wildman–Crippen MR) is 84.1 cm³/mol. The van der Waals surface area contributed by atoms with Crippen LogP contribution in [-0.4, -0.2) is 37.3 Å². The largest absolute Gasteiger partial charge is 0.244 e. The molecule has 1 aliphatic rings. The van der Waals surface area contributed by atoms with Crippen LogP contribution >= 0.6 is 27.7 Å². The Morgan fingerprint density at radius 3 is 2.68 bits per heavy atom. The molecule has 1 aliphatic heterocycles. The van der Waals surface area contributed by atoms with Crippen molar-refractivity contribution in [3.05, 3.63) is 28.7 Å². The van der Waals surface area contributed by atoms with E-state index < -0.39 is 10.0 Å². The summed E-state index contributed by atoms with van der Waals surface area (Å²) in [5.74, 6) is 0. The van der Waals surface area contributed by atoms with E-state index in [0.717, 1.165) is 19.3 Å². The fourth-order valence-electron chi connectivity index (χ4n) is 2.31. The molecule has 0 N–H and O–H groups in total. The van der Waals surface area contributed by atoms with Crippen molar-refractivity contribution >= 4 is 37.7 Å². The maximum atomic E-state index is 12.6. The monoisotopic (exact) mass is 363 g/mol. The summed E-state index contributed by atoms with van der Waals surface area (Å²) in [4.78, 5) is 0.373. The Morgan fingerprint density at radius 1 is 1.26 bits per heavy atom. The summed E-state index contributed by atoms with van der Waals surface area (Å²) in [6, 6.07) is 7.03. The molecule has 0 aliphatic carbocycles. The molecular formula is C13H18BrNO2S2. The standard InChI is InChI=1S/C13H18BrNO2S2/c1-18-11-5-4-9-15(10-8-11)19(16,17)13-7-3-2-6-12(13)14/h2-3,6-7,11H,4-5,8-10H2,1H3. The molecule has 2 rings (SSSR count). The van der Waals surface area contributed by atoms with Crippen LogP contribution in [0.15, 0.2) is 33.6 Å². The van der Waals surface area contributed by atoms with Crippen LogP contribution in [0.3, 0.4) is 0 Å². The van der Waals surface area contributed by atoms with Gasteiger partial charge in [-0.1, -0.05) is 12.1 Å². The molecule has 3 nitrogen and oxygen atoms in total. The summed E-state index contributed by atoms with van der Waals surface area (Å²) in [5, 5.41) is 0.583. The number of benzene rings is 1. The fourth-order valence-corrected chi connectivity index (χ4v) is 5.51. The van der Waals surface area contributed by atoms with Crippen LogP contribution in [0.1, 0.15) is 19.3 Å². The maximum absolute atomic E-state index is 12.6. The molecule has 1 unspecified atom stereocenters. The highest BCUT2D eigenvalue weighted by molar-refractivity contribution is 9.10. The van der Waals surface area contributed by atoms with Crippen LogP contribution in [-0.2, 0) is 10.0 Å². The Kier molecular flexibility index (Phi) is 5.34. The van der Waals surface area contributed by atoms with Gasteiger partial charge in [0.1, 0.15) is 0 Å². The second kappa shape index (κ2) is 6.61. The summed E-state index contributed by atoms with van der Waals surface area (Å²) in [5.41, 5.74) is 0. The van der Waals surface area contributed by atoms with Gasteiger partial charge in [-0.3, -0.25) is 0 Å². The lowest BCUT2D eigenvalue weighted by Gasteiger charge is -2.20. The van der Waals surface area contributed by atoms with E-state index in [1.807, 2.05) is 17.8 Å². The number of hydrogen-bond acceptors (Lipinski definition) is 3. The van der Waals surface area contributed by atoms with Crippen LogP contribution < -0.4 is 0 Å². The Morgan fingerprint density at radius 2 is 2.00 bits per heavy atom. The predicted octanol–water partition coefficient (Wildman–Crippen LogP) is 3.36. The second-order valence-corrected chi connectivity index (χ2v) is 8.52. The van der Waals surface area contributed by atoms with E-state index in [1.54, 1.807) is 22.5 Å². The molecule has 1 fully saturated rings. The third-order valence-electron chi connectivity index (χ3n) is 3.42. The van der Waals surface area contributed by atoms with Crippen molar-refractivity contribution in [3.8, 4) is 0 Å². The zero-order valence-electron chi connectivity index (χ0n) is 10.9. The number of sulfonamides is 1. The molecular weight excluding hydrogens is 346 g/mol. The highest BCUT2D eigenvalue weighted by Gasteiger charge is 2.28. The minimum atomic E-state index is -3.37. The lowest BCUT2D eigenvalue weighted by Crippen LogP contribution is -2.32. The lowest BCUT2D eigenvalue weighted by molar-refractivity contribution is 0.424. The molecule has 6 heteroatoms. The molecule has 1 heterocycles. The normalized spacial score (nSPS) is 22.1. The average Bonchev–Trinajstić information content (AvgIpc) is 2.64. The van der Waals surface area contributed by atoms with Crippen LogP contribution in [0.25, 0.3) is 0 Å². The van der Waals surface area contributed by atoms with Gasteiger partial charge in [-0.25, -0.2) is 8.42 Å². The molecule has 0 saturated carbocycles. The fraction of sp³-hybridized carbons (Fsp3) is 0.538. The lowest BCUT2D eigenvalue weighted by atomic mass is 10.2. The van der Waals surface area contributed by atoms with Gasteiger partial charge in [0.15, 0.2) is 0 Å². The van der Waals surface area contributed by atoms with E-state index in [0.29, 0.717) is 27.7 Å². The minimum Gasteiger partial charge on any atom is -0.207 e. The number of rotatable bonds is 3. The molecule has 0 spiro atoms. The molecule has 1 aromatic carbocycles. The van der Waals surface area contributed by atoms with Crippen LogP contribution in [0.4, 0.5) is 0 Å². The van der Waals surface area contributed by atoms with E-state index in [4.69, 9.17) is 0 Å². The van der Waals surface area contributed by atoms with E-state index in [2.05, 4.69) is 22.2 Å². The highest BCUT2D eigenvalue weighted by Crippen LogP contribution is 2.28. The first kappa shape index (κ1) is 15.4. The van der Waals surface area contributed by atoms with Crippen molar-refractivity contribution in [3.63, 3.8) is 0 Å². The van der Waals surface area contributed by atoms with Crippen molar-refractivity contribution in [2.24, 2.45) is 0 Å². The third kappa shape index (κ3) is 3.54. The Labute approximate surface area is 127 Å². The van der Waals surface area contributed by atoms with Crippen molar-refractivity contribution in [1.82, 2.24) is 4.31 Å². The summed E-state index contributed by atoms with van der Waals surface area (Å²) in [6.07, 6.45) is 5.08. The van der Waals surface area contributed by atoms with Crippen molar-refractivity contribution in [2.75, 3.05) is 19.3 Å². The zero-order valence-corrected chi connectivity index (χ0v) is 14.1. The van der Waals surface area contributed by atoms with Gasteiger partial charge < -0.3 is 0 Å². The first-order valence-corrected chi connectivity index (χ1v) is 9.85. The molecule has 0 aromatic heterocycles. The van der Waals surface area contributed by atoms with E-state index in [1.165, 1.54) is 0 Å². The van der Waals surface area contributed by atoms with Crippen LogP contribution in [0, 0.1) is 0 Å². The van der Waals surface area contributed by atoms with Gasteiger partial charge in [0.2, 0.25) is 10.0 Å². The van der Waals surface area contributed by atoms with Gasteiger partial charge in [-0.2, -0.15) is 16.1 Å². The Hall–Kier alpha value is -0.0400. The molecule has 1 atom stereocenters. The number of nitrogens with zero attached hydrogens (tertiary/aromatic N) is 1. The Bertz CT molecular complexity index is 533. The van der Waals surface area contributed by atoms with E-state index >= 15 is 0 Å². The van der Waals surface area contributed by atoms with Crippen molar-refractivity contribution in [1.29, 1.82) is 0 Å². The minimum absolute atomic E-state index is 0.373. The van der Waals surface area contributed by atoms with Gasteiger partial charge in [0, 0.05) is 22.8 Å².